The molecule has 0 aromatic heterocycles. The van der Waals surface area contributed by atoms with E-state index in [0.717, 1.165) is 0 Å². The molecule has 13 heavy (non-hydrogen) atoms. The molecule has 0 heterocycles. The third-order valence-corrected chi connectivity index (χ3v) is 2.76. The van der Waals surface area contributed by atoms with Gasteiger partial charge in [-0.2, -0.15) is 0 Å². The minimum atomic E-state index is -2.92. The summed E-state index contributed by atoms with van der Waals surface area (Å²) in [6.45, 7) is 0. The van der Waals surface area contributed by atoms with E-state index in [9.17, 15) is 9.13 Å². The van der Waals surface area contributed by atoms with Crippen LogP contribution in [-0.2, 0) is 13.4 Å². The van der Waals surface area contributed by atoms with Gasteiger partial charge in [0.1, 0.15) is 0 Å². The second-order valence-electron chi connectivity index (χ2n) is 2.68. The van der Waals surface area contributed by atoms with E-state index in [2.05, 4.69) is 4.31 Å². The van der Waals surface area contributed by atoms with Crippen LogP contribution in [0.1, 0.15) is 38.5 Å². The summed E-state index contributed by atoms with van der Waals surface area (Å²) in [5.74, 6) is 0. The van der Waals surface area contributed by atoms with Crippen LogP contribution in [0.15, 0.2) is 0 Å². The maximum Gasteiger partial charge on any atom is 0.745 e. The second-order valence-corrected chi connectivity index (χ2v) is 4.28. The Bertz CT molecular complexity index is 145. The highest BCUT2D eigenvalue weighted by Crippen LogP contribution is 2.30. The molecule has 0 amide bonds. The highest BCUT2D eigenvalue weighted by Gasteiger charge is 2.31. The Balaban J connectivity index is 0.000000223. The second kappa shape index (κ2) is 8.67. The van der Waals surface area contributed by atoms with Crippen molar-refractivity contribution in [3.63, 3.8) is 0 Å². The summed E-state index contributed by atoms with van der Waals surface area (Å²) >= 11 is 0. The largest absolute Gasteiger partial charge is 0.745 e. The molecule has 0 aliphatic heterocycles. The predicted octanol–water partition coefficient (Wildman–Crippen LogP) is 2.64. The average molecular weight is 228 g/mol. The molecule has 76 valence electrons. The van der Waals surface area contributed by atoms with Gasteiger partial charge in [0.05, 0.1) is 0 Å². The van der Waals surface area contributed by atoms with E-state index in [1.165, 1.54) is 38.5 Å². The molecule has 1 aliphatic rings. The normalized spacial score (nSPS) is 18.3. The lowest BCUT2D eigenvalue weighted by Crippen LogP contribution is -1.85. The van der Waals surface area contributed by atoms with Gasteiger partial charge in [-0.05, 0) is 0 Å². The standard InChI is InChI=1S/C6H12.O5P2/c1-2-4-6-5-3-1;1-6(2)5-7(3)4/h1-6H2;/p+2. The summed E-state index contributed by atoms with van der Waals surface area (Å²) < 4.78 is 22.2. The van der Waals surface area contributed by atoms with E-state index in [1.54, 1.807) is 0 Å². The fourth-order valence-corrected chi connectivity index (χ4v) is 1.60. The Labute approximate surface area is 79.0 Å². The number of hydrogen-bond donors (Lipinski definition) is 2. The first-order chi connectivity index (χ1) is 6.13. The summed E-state index contributed by atoms with van der Waals surface area (Å²) in [5, 5.41) is 0. The van der Waals surface area contributed by atoms with Gasteiger partial charge in [0.15, 0.2) is 4.31 Å². The fourth-order valence-electron chi connectivity index (χ4n) is 1.12. The van der Waals surface area contributed by atoms with E-state index < -0.39 is 16.5 Å². The maximum atomic E-state index is 9.39. The molecule has 1 rings (SSSR count). The van der Waals surface area contributed by atoms with Crippen molar-refractivity contribution in [1.29, 1.82) is 0 Å². The van der Waals surface area contributed by atoms with E-state index in [-0.39, 0.29) is 0 Å². The molecule has 1 fully saturated rings. The van der Waals surface area contributed by atoms with Crippen LogP contribution in [-0.4, -0.2) is 9.79 Å². The van der Waals surface area contributed by atoms with Gasteiger partial charge in [0.25, 0.3) is 0 Å². The van der Waals surface area contributed by atoms with Crippen LogP contribution >= 0.6 is 16.5 Å². The van der Waals surface area contributed by atoms with Crippen LogP contribution in [0, 0.1) is 0 Å². The fraction of sp³-hybridized carbons (Fsp3) is 1.00. The molecule has 1 aliphatic carbocycles. The predicted molar refractivity (Wildman–Crippen MR) is 48.4 cm³/mol. The summed E-state index contributed by atoms with van der Waals surface area (Å²) in [5.41, 5.74) is 0. The molecule has 2 N–H and O–H groups in total. The van der Waals surface area contributed by atoms with E-state index in [1.807, 2.05) is 0 Å². The highest BCUT2D eigenvalue weighted by atomic mass is 31.2. The lowest BCUT2D eigenvalue weighted by atomic mass is 10.0. The molecule has 5 nitrogen and oxygen atoms in total. The van der Waals surface area contributed by atoms with Crippen molar-refractivity contribution >= 4 is 16.5 Å². The molecule has 0 aromatic rings. The summed E-state index contributed by atoms with van der Waals surface area (Å²) in [7, 11) is -5.85. The third-order valence-electron chi connectivity index (χ3n) is 1.64. The summed E-state index contributed by atoms with van der Waals surface area (Å²) in [6, 6.07) is 0. The molecular formula is C6H14O5P2+2. The first-order valence-electron chi connectivity index (χ1n) is 4.13. The van der Waals surface area contributed by atoms with Crippen molar-refractivity contribution in [3.8, 4) is 0 Å². The molecule has 2 atom stereocenters. The minimum absolute atomic E-state index is 1.50. The van der Waals surface area contributed by atoms with Gasteiger partial charge in [-0.3, -0.25) is 0 Å². The van der Waals surface area contributed by atoms with E-state index in [0.29, 0.717) is 0 Å². The van der Waals surface area contributed by atoms with Crippen LogP contribution in [0.25, 0.3) is 0 Å². The van der Waals surface area contributed by atoms with Crippen molar-refractivity contribution in [1.82, 2.24) is 0 Å². The van der Waals surface area contributed by atoms with Crippen molar-refractivity contribution in [2.75, 3.05) is 0 Å². The van der Waals surface area contributed by atoms with Gasteiger partial charge in [-0.1, -0.05) is 38.5 Å². The van der Waals surface area contributed by atoms with Gasteiger partial charge in [0, 0.05) is 9.13 Å². The van der Waals surface area contributed by atoms with Crippen LogP contribution < -0.4 is 0 Å². The molecule has 0 aromatic carbocycles. The molecule has 2 unspecified atom stereocenters. The molecule has 0 saturated heterocycles. The first-order valence-corrected chi connectivity index (χ1v) is 6.39. The maximum absolute atomic E-state index is 9.39. The van der Waals surface area contributed by atoms with Crippen LogP contribution in [0.5, 0.6) is 0 Å². The lowest BCUT2D eigenvalue weighted by Gasteiger charge is -2.05. The molecule has 7 heteroatoms. The Morgan fingerprint density at radius 2 is 1.00 bits per heavy atom. The van der Waals surface area contributed by atoms with Crippen molar-refractivity contribution in [2.24, 2.45) is 0 Å². The van der Waals surface area contributed by atoms with Crippen molar-refractivity contribution in [3.05, 3.63) is 0 Å². The monoisotopic (exact) mass is 228 g/mol. The van der Waals surface area contributed by atoms with Gasteiger partial charge in [-0.15, -0.1) is 9.79 Å². The SMILES string of the molecule is C1CCCCC1.O=[P+](O)O[P+](=O)O. The zero-order chi connectivity index (χ0) is 10.1. The molecule has 1 saturated carbocycles. The van der Waals surface area contributed by atoms with Crippen LogP contribution in [0.4, 0.5) is 0 Å². The van der Waals surface area contributed by atoms with Gasteiger partial charge >= 0.3 is 16.5 Å². The third kappa shape index (κ3) is 12.1. The smallest absolute Gasteiger partial charge is 0.131 e. The average Bonchev–Trinajstić information content (AvgIpc) is 2.06. The number of hydrogen-bond acceptors (Lipinski definition) is 3. The van der Waals surface area contributed by atoms with Gasteiger partial charge in [0.2, 0.25) is 0 Å². The van der Waals surface area contributed by atoms with Crippen LogP contribution in [0.3, 0.4) is 0 Å². The molecule has 0 bridgehead atoms. The Morgan fingerprint density at radius 3 is 1.08 bits per heavy atom. The molecule has 0 spiro atoms. The summed E-state index contributed by atoms with van der Waals surface area (Å²) in [4.78, 5) is 15.3. The topological polar surface area (TPSA) is 83.8 Å². The van der Waals surface area contributed by atoms with Gasteiger partial charge in [-0.25, -0.2) is 0 Å². The quantitative estimate of drug-likeness (QED) is 0.709. The van der Waals surface area contributed by atoms with E-state index >= 15 is 0 Å². The first kappa shape index (κ1) is 13.1. The zero-order valence-corrected chi connectivity index (χ0v) is 9.05. The Kier molecular flexibility index (Phi) is 8.72. The zero-order valence-electron chi connectivity index (χ0n) is 7.26. The Hall–Kier alpha value is 0.0800. The summed E-state index contributed by atoms with van der Waals surface area (Å²) in [6.07, 6.45) is 9.00. The van der Waals surface area contributed by atoms with E-state index in [4.69, 9.17) is 9.79 Å². The van der Waals surface area contributed by atoms with Crippen molar-refractivity contribution in [2.45, 2.75) is 38.5 Å². The highest BCUT2D eigenvalue weighted by molar-refractivity contribution is 7.46. The lowest BCUT2D eigenvalue weighted by molar-refractivity contribution is 0.371. The van der Waals surface area contributed by atoms with Crippen LogP contribution in [0.2, 0.25) is 0 Å². The minimum Gasteiger partial charge on any atom is -0.131 e. The Morgan fingerprint density at radius 1 is 0.769 bits per heavy atom. The number of rotatable bonds is 2. The van der Waals surface area contributed by atoms with Gasteiger partial charge < -0.3 is 0 Å². The molecular weight excluding hydrogens is 214 g/mol. The van der Waals surface area contributed by atoms with Crippen molar-refractivity contribution < 1.29 is 23.2 Å². The molecule has 0 radical (unpaired) electrons.